The normalized spacial score (nSPS) is 10.5. The summed E-state index contributed by atoms with van der Waals surface area (Å²) in [6.07, 6.45) is 0. The van der Waals surface area contributed by atoms with E-state index in [9.17, 15) is 14.0 Å². The molecule has 0 aliphatic rings. The highest BCUT2D eigenvalue weighted by Gasteiger charge is 2.14. The number of rotatable bonds is 6. The van der Waals surface area contributed by atoms with Gasteiger partial charge in [-0.15, -0.1) is 23.1 Å². The third-order valence-corrected chi connectivity index (χ3v) is 5.22. The second-order valence-electron chi connectivity index (χ2n) is 5.25. The molecule has 3 N–H and O–H groups in total. The fraction of sp³-hybridized carbons (Fsp3) is 0.0556. The van der Waals surface area contributed by atoms with Gasteiger partial charge in [-0.3, -0.25) is 14.9 Å². The number of nitrogens with zero attached hydrogens (tertiary/aromatic N) is 1. The average Bonchev–Trinajstić information content (AvgIpc) is 3.09. The van der Waals surface area contributed by atoms with E-state index in [0.29, 0.717) is 21.3 Å². The van der Waals surface area contributed by atoms with Gasteiger partial charge < -0.3 is 5.73 Å². The van der Waals surface area contributed by atoms with Crippen LogP contribution in [0.4, 0.5) is 9.52 Å². The van der Waals surface area contributed by atoms with Crippen LogP contribution in [0.15, 0.2) is 58.8 Å². The number of carbonyl (C=O) groups excluding carboxylic acids is 2. The Morgan fingerprint density at radius 1 is 1.15 bits per heavy atom. The Bertz CT molecular complexity index is 942. The molecule has 2 aromatic carbocycles. The number of anilines is 1. The molecule has 0 aliphatic carbocycles. The lowest BCUT2D eigenvalue weighted by atomic mass is 10.2. The summed E-state index contributed by atoms with van der Waals surface area (Å²) < 4.78 is 13.0. The minimum atomic E-state index is -0.450. The molecule has 0 aliphatic heterocycles. The van der Waals surface area contributed by atoms with Crippen LogP contribution in [0.2, 0.25) is 0 Å². The number of thioether (sulfide) groups is 1. The van der Waals surface area contributed by atoms with E-state index < -0.39 is 5.91 Å². The van der Waals surface area contributed by atoms with Gasteiger partial charge in [0.1, 0.15) is 5.82 Å². The molecule has 3 aromatic rings. The van der Waals surface area contributed by atoms with Crippen LogP contribution in [0.3, 0.4) is 0 Å². The predicted molar refractivity (Wildman–Crippen MR) is 102 cm³/mol. The van der Waals surface area contributed by atoms with Crippen LogP contribution < -0.4 is 11.1 Å². The van der Waals surface area contributed by atoms with Crippen LogP contribution >= 0.6 is 23.1 Å². The van der Waals surface area contributed by atoms with Crippen molar-refractivity contribution in [1.82, 2.24) is 4.98 Å². The van der Waals surface area contributed by atoms with E-state index in [4.69, 9.17) is 5.73 Å². The van der Waals surface area contributed by atoms with Gasteiger partial charge >= 0.3 is 0 Å². The number of nitrogens with two attached hydrogens (primary N) is 1. The molecule has 3 rings (SSSR count). The van der Waals surface area contributed by atoms with Gasteiger partial charge in [0.25, 0.3) is 5.91 Å². The van der Waals surface area contributed by atoms with Gasteiger partial charge in [-0.1, -0.05) is 12.1 Å². The Labute approximate surface area is 157 Å². The number of carbonyl (C=O) groups is 2. The van der Waals surface area contributed by atoms with Crippen molar-refractivity contribution >= 4 is 40.0 Å². The topological polar surface area (TPSA) is 85.1 Å². The van der Waals surface area contributed by atoms with Crippen molar-refractivity contribution in [1.29, 1.82) is 0 Å². The van der Waals surface area contributed by atoms with Crippen LogP contribution in [-0.2, 0) is 4.79 Å². The SMILES string of the molecule is NC(=O)CSc1ccccc1C(=O)Nc1nc(-c2ccc(F)cc2)cs1. The summed E-state index contributed by atoms with van der Waals surface area (Å²) in [5, 5.41) is 4.98. The summed E-state index contributed by atoms with van der Waals surface area (Å²) in [6.45, 7) is 0. The summed E-state index contributed by atoms with van der Waals surface area (Å²) in [6, 6.07) is 12.9. The molecular formula is C18H14FN3O2S2. The van der Waals surface area contributed by atoms with Crippen molar-refractivity contribution in [2.45, 2.75) is 4.90 Å². The summed E-state index contributed by atoms with van der Waals surface area (Å²) >= 11 is 2.49. The molecule has 0 fully saturated rings. The number of halogens is 1. The zero-order valence-corrected chi connectivity index (χ0v) is 15.1. The molecule has 0 saturated carbocycles. The van der Waals surface area contributed by atoms with E-state index in [2.05, 4.69) is 10.3 Å². The zero-order valence-electron chi connectivity index (χ0n) is 13.4. The Balaban J connectivity index is 1.75. The number of primary amides is 1. The third kappa shape index (κ3) is 4.47. The first-order chi connectivity index (χ1) is 12.5. The first-order valence-corrected chi connectivity index (χ1v) is 9.42. The second-order valence-corrected chi connectivity index (χ2v) is 7.13. The summed E-state index contributed by atoms with van der Waals surface area (Å²) in [5.74, 6) is -0.995. The molecular weight excluding hydrogens is 373 g/mol. The zero-order chi connectivity index (χ0) is 18.5. The van der Waals surface area contributed by atoms with E-state index in [-0.39, 0.29) is 17.5 Å². The van der Waals surface area contributed by atoms with Crippen LogP contribution in [-0.4, -0.2) is 22.6 Å². The number of benzene rings is 2. The largest absolute Gasteiger partial charge is 0.369 e. The maximum atomic E-state index is 13.0. The first-order valence-electron chi connectivity index (χ1n) is 7.56. The van der Waals surface area contributed by atoms with Crippen LogP contribution in [0.1, 0.15) is 10.4 Å². The number of aromatic nitrogens is 1. The van der Waals surface area contributed by atoms with Crippen molar-refractivity contribution in [3.63, 3.8) is 0 Å². The van der Waals surface area contributed by atoms with Gasteiger partial charge in [0, 0.05) is 15.8 Å². The Kier molecular flexibility index (Phi) is 5.65. The summed E-state index contributed by atoms with van der Waals surface area (Å²) in [5.41, 5.74) is 7.03. The highest BCUT2D eigenvalue weighted by atomic mass is 32.2. The maximum Gasteiger partial charge on any atom is 0.258 e. The van der Waals surface area contributed by atoms with Crippen molar-refractivity contribution < 1.29 is 14.0 Å². The second kappa shape index (κ2) is 8.11. The highest BCUT2D eigenvalue weighted by molar-refractivity contribution is 8.00. The van der Waals surface area contributed by atoms with E-state index >= 15 is 0 Å². The first kappa shape index (κ1) is 18.1. The number of thiazole rings is 1. The van der Waals surface area contributed by atoms with Crippen molar-refractivity contribution in [3.05, 3.63) is 65.3 Å². The van der Waals surface area contributed by atoms with Gasteiger partial charge in [0.05, 0.1) is 17.0 Å². The van der Waals surface area contributed by atoms with Crippen LogP contribution in [0, 0.1) is 5.82 Å². The maximum absolute atomic E-state index is 13.0. The van der Waals surface area contributed by atoms with Gasteiger partial charge in [0.15, 0.2) is 5.13 Å². The molecule has 26 heavy (non-hydrogen) atoms. The molecule has 1 heterocycles. The Hall–Kier alpha value is -2.71. The molecule has 0 radical (unpaired) electrons. The highest BCUT2D eigenvalue weighted by Crippen LogP contribution is 2.27. The number of nitrogens with one attached hydrogen (secondary N) is 1. The van der Waals surface area contributed by atoms with Crippen LogP contribution in [0.5, 0.6) is 0 Å². The third-order valence-electron chi connectivity index (χ3n) is 3.37. The number of amides is 2. The van der Waals surface area contributed by atoms with Crippen molar-refractivity contribution in [2.75, 3.05) is 11.1 Å². The Morgan fingerprint density at radius 3 is 2.62 bits per heavy atom. The van der Waals surface area contributed by atoms with E-state index in [1.807, 2.05) is 0 Å². The predicted octanol–water partition coefficient (Wildman–Crippen LogP) is 3.78. The minimum Gasteiger partial charge on any atom is -0.369 e. The van der Waals surface area contributed by atoms with Crippen molar-refractivity contribution in [3.8, 4) is 11.3 Å². The Morgan fingerprint density at radius 2 is 1.88 bits per heavy atom. The molecule has 0 unspecified atom stereocenters. The summed E-state index contributed by atoms with van der Waals surface area (Å²) in [7, 11) is 0. The average molecular weight is 387 g/mol. The number of hydrogen-bond acceptors (Lipinski definition) is 5. The minimum absolute atomic E-state index is 0.0935. The van der Waals surface area contributed by atoms with Crippen molar-refractivity contribution in [2.24, 2.45) is 5.73 Å². The fourth-order valence-electron chi connectivity index (χ4n) is 2.18. The smallest absolute Gasteiger partial charge is 0.258 e. The van der Waals surface area contributed by atoms with Gasteiger partial charge in [-0.05, 0) is 36.4 Å². The number of hydrogen-bond donors (Lipinski definition) is 2. The van der Waals surface area contributed by atoms with Gasteiger partial charge in [0.2, 0.25) is 5.91 Å². The van der Waals surface area contributed by atoms with E-state index in [0.717, 1.165) is 5.56 Å². The molecule has 0 atom stereocenters. The fourth-order valence-corrected chi connectivity index (χ4v) is 3.68. The van der Waals surface area contributed by atoms with Crippen LogP contribution in [0.25, 0.3) is 11.3 Å². The lowest BCUT2D eigenvalue weighted by Crippen LogP contribution is -2.15. The monoisotopic (exact) mass is 387 g/mol. The lowest BCUT2D eigenvalue weighted by molar-refractivity contribution is -0.115. The molecule has 5 nitrogen and oxygen atoms in total. The van der Waals surface area contributed by atoms with Gasteiger partial charge in [-0.2, -0.15) is 0 Å². The lowest BCUT2D eigenvalue weighted by Gasteiger charge is -2.07. The van der Waals surface area contributed by atoms with E-state index in [1.54, 1.807) is 41.8 Å². The van der Waals surface area contributed by atoms with Gasteiger partial charge in [-0.25, -0.2) is 9.37 Å². The molecule has 0 bridgehead atoms. The van der Waals surface area contributed by atoms with E-state index in [1.165, 1.54) is 35.2 Å². The summed E-state index contributed by atoms with van der Waals surface area (Å²) in [4.78, 5) is 28.5. The molecule has 2 amide bonds. The molecule has 8 heteroatoms. The molecule has 0 saturated heterocycles. The molecule has 0 spiro atoms. The standard InChI is InChI=1S/C18H14FN3O2S2/c19-12-7-5-11(6-8-12)14-9-26-18(21-14)22-17(24)13-3-1-2-4-15(13)25-10-16(20)23/h1-9H,10H2,(H2,20,23)(H,21,22,24). The quantitative estimate of drug-likeness (QED) is 0.631. The molecule has 1 aromatic heterocycles. The molecule has 132 valence electrons.